The molecule has 0 aromatic rings. The van der Waals surface area contributed by atoms with Crippen LogP contribution in [-0.4, -0.2) is 34.6 Å². The van der Waals surface area contributed by atoms with Gasteiger partial charge >= 0.3 is 11.9 Å². The summed E-state index contributed by atoms with van der Waals surface area (Å²) in [4.78, 5) is 30.1. The Balaban J connectivity index is 3.93. The van der Waals surface area contributed by atoms with E-state index in [1.165, 1.54) is 0 Å². The van der Waals surface area contributed by atoms with Gasteiger partial charge in [-0.25, -0.2) is 0 Å². The quantitative estimate of drug-likeness (QED) is 0.451. The van der Waals surface area contributed by atoms with Gasteiger partial charge in [-0.1, -0.05) is 0 Å². The zero-order chi connectivity index (χ0) is 9.56. The van der Waals surface area contributed by atoms with E-state index in [0.29, 0.717) is 0 Å². The molecular weight excluding hydrogens is 166 g/mol. The highest BCUT2D eigenvalue weighted by Gasteiger charge is 2.15. The molecule has 0 aromatic heterocycles. The van der Waals surface area contributed by atoms with Crippen molar-refractivity contribution in [3.8, 4) is 0 Å². The predicted octanol–water partition coefficient (Wildman–Crippen LogP) is -0.950. The van der Waals surface area contributed by atoms with Crippen LogP contribution in [0.2, 0.25) is 0 Å². The number of aliphatic carboxylic acids is 2. The molecule has 0 saturated heterocycles. The minimum Gasteiger partial charge on any atom is -0.481 e. The summed E-state index contributed by atoms with van der Waals surface area (Å²) in [6.45, 7) is 0. The zero-order valence-corrected chi connectivity index (χ0v) is 6.19. The van der Waals surface area contributed by atoms with Gasteiger partial charge in [0.25, 0.3) is 0 Å². The van der Waals surface area contributed by atoms with E-state index in [0.717, 1.165) is 0 Å². The molecule has 0 rings (SSSR count). The lowest BCUT2D eigenvalue weighted by atomic mass is 10.1. The first-order chi connectivity index (χ1) is 5.56. The first-order valence-electron chi connectivity index (χ1n) is 3.19. The minimum absolute atomic E-state index is 0.288. The fraction of sp³-hybridized carbons (Fsp3) is 0.500. The molecule has 0 fully saturated rings. The fourth-order valence-corrected chi connectivity index (χ4v) is 0.708. The predicted molar refractivity (Wildman–Crippen MR) is 37.5 cm³/mol. The van der Waals surface area contributed by atoms with Crippen LogP contribution >= 0.6 is 0 Å². The molecule has 6 nitrogen and oxygen atoms in total. The van der Waals surface area contributed by atoms with Crippen LogP contribution in [0.4, 0.5) is 0 Å². The standard InChI is InChI=1S/C6H9NO5/c8-3-7-4(1-5(9)10)2-6(11)12/h3-4H,1-2H2,(H,7,8)(H,9,10)(H,11,12). The molecule has 0 radical (unpaired) electrons. The summed E-state index contributed by atoms with van der Waals surface area (Å²) >= 11 is 0. The summed E-state index contributed by atoms with van der Waals surface area (Å²) in [7, 11) is 0. The molecular formula is C6H9NO5. The van der Waals surface area contributed by atoms with Crippen LogP contribution in [0.1, 0.15) is 12.8 Å². The normalized spacial score (nSPS) is 9.42. The van der Waals surface area contributed by atoms with Gasteiger partial charge in [-0.3, -0.25) is 14.4 Å². The number of carbonyl (C=O) groups excluding carboxylic acids is 1. The van der Waals surface area contributed by atoms with Crippen molar-refractivity contribution < 1.29 is 24.6 Å². The Morgan fingerprint density at radius 1 is 1.25 bits per heavy atom. The average molecular weight is 175 g/mol. The highest BCUT2D eigenvalue weighted by Crippen LogP contribution is 1.97. The molecule has 0 aliphatic heterocycles. The van der Waals surface area contributed by atoms with Crippen molar-refractivity contribution in [2.45, 2.75) is 18.9 Å². The Kier molecular flexibility index (Phi) is 4.43. The Morgan fingerprint density at radius 3 is 1.92 bits per heavy atom. The van der Waals surface area contributed by atoms with Gasteiger partial charge in [-0.2, -0.15) is 0 Å². The summed E-state index contributed by atoms with van der Waals surface area (Å²) in [5.74, 6) is -2.29. The van der Waals surface area contributed by atoms with E-state index in [-0.39, 0.29) is 19.3 Å². The smallest absolute Gasteiger partial charge is 0.305 e. The third-order valence-electron chi connectivity index (χ3n) is 1.15. The number of carboxylic acids is 2. The van der Waals surface area contributed by atoms with E-state index in [9.17, 15) is 14.4 Å². The Labute approximate surface area is 68.2 Å². The molecule has 3 N–H and O–H groups in total. The number of hydrogen-bond acceptors (Lipinski definition) is 3. The van der Waals surface area contributed by atoms with E-state index < -0.39 is 18.0 Å². The second-order valence-electron chi connectivity index (χ2n) is 2.18. The molecule has 0 aliphatic rings. The van der Waals surface area contributed by atoms with Gasteiger partial charge in [-0.05, 0) is 0 Å². The second kappa shape index (κ2) is 5.11. The first-order valence-corrected chi connectivity index (χ1v) is 3.19. The third-order valence-corrected chi connectivity index (χ3v) is 1.15. The van der Waals surface area contributed by atoms with Crippen molar-refractivity contribution >= 4 is 18.3 Å². The van der Waals surface area contributed by atoms with Crippen molar-refractivity contribution in [3.05, 3.63) is 0 Å². The molecule has 1 amide bonds. The number of amides is 1. The molecule has 0 bridgehead atoms. The Morgan fingerprint density at radius 2 is 1.67 bits per heavy atom. The van der Waals surface area contributed by atoms with Gasteiger partial charge in [0, 0.05) is 6.04 Å². The first kappa shape index (κ1) is 10.4. The molecule has 0 aliphatic carbocycles. The summed E-state index contributed by atoms with van der Waals surface area (Å²) < 4.78 is 0. The van der Waals surface area contributed by atoms with Crippen molar-refractivity contribution in [1.29, 1.82) is 0 Å². The van der Waals surface area contributed by atoms with Crippen LogP contribution in [0, 0.1) is 0 Å². The average Bonchev–Trinajstić information content (AvgIpc) is 1.84. The fourth-order valence-electron chi connectivity index (χ4n) is 0.708. The van der Waals surface area contributed by atoms with E-state index in [1.807, 2.05) is 0 Å². The largest absolute Gasteiger partial charge is 0.481 e. The summed E-state index contributed by atoms with van der Waals surface area (Å²) in [6.07, 6.45) is -0.480. The monoisotopic (exact) mass is 175 g/mol. The van der Waals surface area contributed by atoms with Crippen LogP contribution in [0.25, 0.3) is 0 Å². The number of carboxylic acid groups (broad SMARTS) is 2. The van der Waals surface area contributed by atoms with Crippen molar-refractivity contribution in [3.63, 3.8) is 0 Å². The number of carbonyl (C=O) groups is 3. The van der Waals surface area contributed by atoms with Crippen LogP contribution in [0.5, 0.6) is 0 Å². The number of rotatable bonds is 6. The van der Waals surface area contributed by atoms with Crippen LogP contribution in [0.3, 0.4) is 0 Å². The Bertz CT molecular complexity index is 174. The van der Waals surface area contributed by atoms with Gasteiger partial charge < -0.3 is 15.5 Å². The highest BCUT2D eigenvalue weighted by atomic mass is 16.4. The molecule has 0 spiro atoms. The van der Waals surface area contributed by atoms with Gasteiger partial charge in [0.05, 0.1) is 12.8 Å². The van der Waals surface area contributed by atoms with E-state index in [2.05, 4.69) is 5.32 Å². The highest BCUT2D eigenvalue weighted by molar-refractivity contribution is 5.72. The molecule has 6 heteroatoms. The van der Waals surface area contributed by atoms with Gasteiger partial charge in [0.2, 0.25) is 6.41 Å². The number of hydrogen-bond donors (Lipinski definition) is 3. The lowest BCUT2D eigenvalue weighted by Gasteiger charge is -2.09. The van der Waals surface area contributed by atoms with E-state index in [1.54, 1.807) is 0 Å². The molecule has 0 heterocycles. The van der Waals surface area contributed by atoms with Gasteiger partial charge in [0.1, 0.15) is 0 Å². The second-order valence-corrected chi connectivity index (χ2v) is 2.18. The zero-order valence-electron chi connectivity index (χ0n) is 6.19. The lowest BCUT2D eigenvalue weighted by molar-refractivity contribution is -0.139. The van der Waals surface area contributed by atoms with Crippen molar-refractivity contribution in [1.82, 2.24) is 5.32 Å². The van der Waals surface area contributed by atoms with E-state index in [4.69, 9.17) is 10.2 Å². The van der Waals surface area contributed by atoms with Crippen LogP contribution in [-0.2, 0) is 14.4 Å². The summed E-state index contributed by atoms with van der Waals surface area (Å²) in [6, 6.07) is -0.836. The lowest BCUT2D eigenvalue weighted by Crippen LogP contribution is -2.32. The maximum absolute atomic E-state index is 10.1. The van der Waals surface area contributed by atoms with Crippen LogP contribution < -0.4 is 5.32 Å². The molecule has 0 saturated carbocycles. The minimum atomic E-state index is -1.14. The maximum Gasteiger partial charge on any atom is 0.305 e. The SMILES string of the molecule is O=CNC(CC(=O)O)CC(=O)O. The maximum atomic E-state index is 10.1. The molecule has 68 valence electrons. The Hall–Kier alpha value is -1.59. The molecule has 0 aromatic carbocycles. The third kappa shape index (κ3) is 5.21. The topological polar surface area (TPSA) is 104 Å². The van der Waals surface area contributed by atoms with Crippen molar-refractivity contribution in [2.75, 3.05) is 0 Å². The van der Waals surface area contributed by atoms with Gasteiger partial charge in [0.15, 0.2) is 0 Å². The summed E-state index contributed by atoms with van der Waals surface area (Å²) in [5.41, 5.74) is 0. The van der Waals surface area contributed by atoms with Crippen molar-refractivity contribution in [2.24, 2.45) is 0 Å². The number of nitrogens with one attached hydrogen (secondary N) is 1. The molecule has 0 unspecified atom stereocenters. The summed E-state index contributed by atoms with van der Waals surface area (Å²) in [5, 5.41) is 18.7. The van der Waals surface area contributed by atoms with E-state index >= 15 is 0 Å². The molecule has 12 heavy (non-hydrogen) atoms. The van der Waals surface area contributed by atoms with Gasteiger partial charge in [-0.15, -0.1) is 0 Å². The molecule has 0 atom stereocenters. The van der Waals surface area contributed by atoms with Crippen LogP contribution in [0.15, 0.2) is 0 Å².